The fourth-order valence-corrected chi connectivity index (χ4v) is 1.62. The fourth-order valence-electron chi connectivity index (χ4n) is 1.51. The molecule has 2 heterocycles. The molecule has 0 aliphatic carbocycles. The Labute approximate surface area is 103 Å². The van der Waals surface area contributed by atoms with E-state index < -0.39 is 11.9 Å². The molecule has 0 radical (unpaired) electrons. The summed E-state index contributed by atoms with van der Waals surface area (Å²) in [4.78, 5) is 7.79. The Morgan fingerprint density at radius 3 is 2.71 bits per heavy atom. The number of pyridine rings is 2. The summed E-state index contributed by atoms with van der Waals surface area (Å²) in [6.45, 7) is 0. The number of nitrogens with two attached hydrogens (primary N) is 1. The summed E-state index contributed by atoms with van der Waals surface area (Å²) in [5, 5.41) is 0.514. The van der Waals surface area contributed by atoms with Gasteiger partial charge in [0.1, 0.15) is 5.82 Å². The van der Waals surface area contributed by atoms with Crippen LogP contribution in [0.25, 0.3) is 0 Å². The molecule has 0 saturated carbocycles. The van der Waals surface area contributed by atoms with Crippen LogP contribution in [0.5, 0.6) is 0 Å². The average Bonchev–Trinajstić information content (AvgIpc) is 2.35. The average molecular weight is 253 g/mol. The summed E-state index contributed by atoms with van der Waals surface area (Å²) >= 11 is 5.74. The third-order valence-corrected chi connectivity index (χ3v) is 2.55. The number of halogens is 2. The molecule has 88 valence electrons. The van der Waals surface area contributed by atoms with E-state index in [0.717, 1.165) is 6.20 Å². The highest BCUT2D eigenvalue weighted by Gasteiger charge is 2.17. The molecule has 0 bridgehead atoms. The van der Waals surface area contributed by atoms with Gasteiger partial charge in [0.05, 0.1) is 23.0 Å². The number of rotatable bonds is 3. The molecular formula is C11H10ClFN4. The quantitative estimate of drug-likeness (QED) is 0.646. The van der Waals surface area contributed by atoms with Gasteiger partial charge in [0.25, 0.3) is 0 Å². The molecule has 2 aromatic heterocycles. The first-order valence-corrected chi connectivity index (χ1v) is 5.27. The summed E-state index contributed by atoms with van der Waals surface area (Å²) in [5.41, 5.74) is 3.49. The topological polar surface area (TPSA) is 63.8 Å². The highest BCUT2D eigenvalue weighted by Crippen LogP contribution is 2.22. The van der Waals surface area contributed by atoms with E-state index in [4.69, 9.17) is 17.4 Å². The SMILES string of the molecule is NNC(c1ccc(Cl)cn1)c1ccncc1F. The van der Waals surface area contributed by atoms with Crippen molar-refractivity contribution < 1.29 is 4.39 Å². The van der Waals surface area contributed by atoms with Crippen molar-refractivity contribution in [1.82, 2.24) is 15.4 Å². The predicted molar refractivity (Wildman–Crippen MR) is 62.6 cm³/mol. The van der Waals surface area contributed by atoms with Crippen LogP contribution >= 0.6 is 11.6 Å². The fraction of sp³-hybridized carbons (Fsp3) is 0.0909. The van der Waals surface area contributed by atoms with Crippen LogP contribution in [0.15, 0.2) is 36.8 Å². The van der Waals surface area contributed by atoms with E-state index in [0.29, 0.717) is 16.3 Å². The molecule has 0 spiro atoms. The lowest BCUT2D eigenvalue weighted by molar-refractivity contribution is 0.549. The molecule has 2 aromatic rings. The summed E-state index contributed by atoms with van der Waals surface area (Å²) in [7, 11) is 0. The van der Waals surface area contributed by atoms with E-state index >= 15 is 0 Å². The van der Waals surface area contributed by atoms with Gasteiger partial charge in [-0.3, -0.25) is 15.8 Å². The molecule has 0 fully saturated rings. The van der Waals surface area contributed by atoms with Gasteiger partial charge in [-0.25, -0.2) is 9.82 Å². The maximum atomic E-state index is 13.6. The largest absolute Gasteiger partial charge is 0.271 e. The van der Waals surface area contributed by atoms with E-state index in [-0.39, 0.29) is 0 Å². The van der Waals surface area contributed by atoms with Crippen molar-refractivity contribution in [2.24, 2.45) is 5.84 Å². The lowest BCUT2D eigenvalue weighted by atomic mass is 10.0. The Hall–Kier alpha value is -1.56. The van der Waals surface area contributed by atoms with Crippen LogP contribution in [0, 0.1) is 5.82 Å². The Bertz CT molecular complexity index is 503. The summed E-state index contributed by atoms with van der Waals surface area (Å²) in [6, 6.07) is 4.38. The molecular weight excluding hydrogens is 243 g/mol. The van der Waals surface area contributed by atoms with Crippen molar-refractivity contribution in [3.8, 4) is 0 Å². The maximum absolute atomic E-state index is 13.6. The molecule has 4 nitrogen and oxygen atoms in total. The molecule has 0 saturated heterocycles. The van der Waals surface area contributed by atoms with Crippen LogP contribution in [0.2, 0.25) is 5.02 Å². The van der Waals surface area contributed by atoms with Crippen molar-refractivity contribution in [3.05, 3.63) is 58.9 Å². The molecule has 0 amide bonds. The van der Waals surface area contributed by atoms with Gasteiger partial charge in [-0.2, -0.15) is 0 Å². The van der Waals surface area contributed by atoms with Crippen molar-refractivity contribution >= 4 is 11.6 Å². The third kappa shape index (κ3) is 2.58. The van der Waals surface area contributed by atoms with Crippen LogP contribution in [0.4, 0.5) is 4.39 Å². The Morgan fingerprint density at radius 1 is 1.29 bits per heavy atom. The highest BCUT2D eigenvalue weighted by atomic mass is 35.5. The predicted octanol–water partition coefficient (Wildman–Crippen LogP) is 1.82. The van der Waals surface area contributed by atoms with Crippen LogP contribution in [0.3, 0.4) is 0 Å². The Kier molecular flexibility index (Phi) is 3.63. The second-order valence-electron chi connectivity index (χ2n) is 3.40. The zero-order valence-corrected chi connectivity index (χ0v) is 9.53. The molecule has 1 unspecified atom stereocenters. The standard InChI is InChI=1S/C11H10ClFN4/c12-7-1-2-10(16-5-7)11(17-14)8-3-4-15-6-9(8)13/h1-6,11,17H,14H2. The lowest BCUT2D eigenvalue weighted by Gasteiger charge is -2.16. The van der Waals surface area contributed by atoms with Crippen molar-refractivity contribution in [2.75, 3.05) is 0 Å². The molecule has 0 aliphatic rings. The summed E-state index contributed by atoms with van der Waals surface area (Å²) < 4.78 is 13.6. The minimum Gasteiger partial charge on any atom is -0.271 e. The number of hydrogen-bond donors (Lipinski definition) is 2. The molecule has 1 atom stereocenters. The highest BCUT2D eigenvalue weighted by molar-refractivity contribution is 6.30. The maximum Gasteiger partial charge on any atom is 0.146 e. The number of nitrogens with zero attached hydrogens (tertiary/aromatic N) is 2. The van der Waals surface area contributed by atoms with E-state index in [1.807, 2.05) is 0 Å². The van der Waals surface area contributed by atoms with E-state index in [1.54, 1.807) is 18.2 Å². The van der Waals surface area contributed by atoms with Crippen molar-refractivity contribution in [3.63, 3.8) is 0 Å². The van der Waals surface area contributed by atoms with E-state index in [2.05, 4.69) is 15.4 Å². The normalized spacial score (nSPS) is 12.4. The van der Waals surface area contributed by atoms with Crippen LogP contribution in [-0.4, -0.2) is 9.97 Å². The second kappa shape index (κ2) is 5.18. The molecule has 0 aromatic carbocycles. The first-order valence-electron chi connectivity index (χ1n) is 4.89. The van der Waals surface area contributed by atoms with Crippen molar-refractivity contribution in [2.45, 2.75) is 6.04 Å². The monoisotopic (exact) mass is 252 g/mol. The Morgan fingerprint density at radius 2 is 2.12 bits per heavy atom. The first-order chi connectivity index (χ1) is 8.22. The Balaban J connectivity index is 2.40. The van der Waals surface area contributed by atoms with Crippen LogP contribution < -0.4 is 11.3 Å². The molecule has 3 N–H and O–H groups in total. The lowest BCUT2D eigenvalue weighted by Crippen LogP contribution is -2.30. The van der Waals surface area contributed by atoms with Gasteiger partial charge in [0.2, 0.25) is 0 Å². The van der Waals surface area contributed by atoms with Crippen LogP contribution in [-0.2, 0) is 0 Å². The molecule has 2 rings (SSSR count). The summed E-state index contributed by atoms with van der Waals surface area (Å²) in [6.07, 6.45) is 4.12. The van der Waals surface area contributed by atoms with E-state index in [9.17, 15) is 4.39 Å². The zero-order chi connectivity index (χ0) is 12.3. The third-order valence-electron chi connectivity index (χ3n) is 2.33. The van der Waals surface area contributed by atoms with Crippen LogP contribution in [0.1, 0.15) is 17.3 Å². The number of nitrogens with one attached hydrogen (secondary N) is 1. The minimum absolute atomic E-state index is 0.386. The van der Waals surface area contributed by atoms with Gasteiger partial charge in [-0.15, -0.1) is 0 Å². The molecule has 17 heavy (non-hydrogen) atoms. The second-order valence-corrected chi connectivity index (χ2v) is 3.83. The number of hydrazine groups is 1. The van der Waals surface area contributed by atoms with Crippen molar-refractivity contribution in [1.29, 1.82) is 0 Å². The van der Waals surface area contributed by atoms with Gasteiger partial charge >= 0.3 is 0 Å². The summed E-state index contributed by atoms with van der Waals surface area (Å²) in [5.74, 6) is 5.00. The molecule has 0 aliphatic heterocycles. The zero-order valence-electron chi connectivity index (χ0n) is 8.77. The smallest absolute Gasteiger partial charge is 0.146 e. The first kappa shape index (κ1) is 11.9. The van der Waals surface area contributed by atoms with Gasteiger partial charge in [0.15, 0.2) is 0 Å². The minimum atomic E-state index is -0.532. The van der Waals surface area contributed by atoms with Gasteiger partial charge in [-0.1, -0.05) is 11.6 Å². The van der Waals surface area contributed by atoms with Gasteiger partial charge < -0.3 is 0 Å². The van der Waals surface area contributed by atoms with Gasteiger partial charge in [0, 0.05) is 18.0 Å². The molecule has 6 heteroatoms. The number of aromatic nitrogens is 2. The number of hydrogen-bond acceptors (Lipinski definition) is 4. The van der Waals surface area contributed by atoms with E-state index in [1.165, 1.54) is 12.4 Å². The van der Waals surface area contributed by atoms with Gasteiger partial charge in [-0.05, 0) is 18.2 Å².